The molecule has 1 aliphatic rings. The minimum absolute atomic E-state index is 0.130. The van der Waals surface area contributed by atoms with Crippen LogP contribution >= 0.6 is 11.8 Å². The summed E-state index contributed by atoms with van der Waals surface area (Å²) in [5, 5.41) is 5.99. The molecule has 1 saturated heterocycles. The second-order valence-corrected chi connectivity index (χ2v) is 6.78. The summed E-state index contributed by atoms with van der Waals surface area (Å²) in [6.07, 6.45) is 0. The number of hydrogen-bond donors (Lipinski definition) is 3. The number of amidine groups is 1. The first-order valence-corrected chi connectivity index (χ1v) is 8.76. The van der Waals surface area contributed by atoms with E-state index in [9.17, 15) is 9.59 Å². The molecule has 6 nitrogen and oxygen atoms in total. The first-order valence-electron chi connectivity index (χ1n) is 7.95. The summed E-state index contributed by atoms with van der Waals surface area (Å²) in [4.78, 5) is 28.4. The van der Waals surface area contributed by atoms with Crippen LogP contribution in [0.5, 0.6) is 0 Å². The highest BCUT2D eigenvalue weighted by molar-refractivity contribution is 8.18. The molecule has 7 heteroatoms. The van der Waals surface area contributed by atoms with Gasteiger partial charge in [0.05, 0.1) is 10.6 Å². The van der Waals surface area contributed by atoms with Crippen LogP contribution in [0.25, 0.3) is 5.57 Å². The van der Waals surface area contributed by atoms with Crippen LogP contribution in [0.4, 0.5) is 17.1 Å². The third kappa shape index (κ3) is 4.12. The number of nitrogens with zero attached hydrogens (tertiary/aromatic N) is 1. The average Bonchev–Trinajstić information content (AvgIpc) is 2.96. The summed E-state index contributed by atoms with van der Waals surface area (Å²) in [5.74, 6) is -0.307. The number of carbonyl (C=O) groups is 2. The molecule has 1 aliphatic heterocycles. The largest absolute Gasteiger partial charge is 0.399 e. The fourth-order valence-corrected chi connectivity index (χ4v) is 3.37. The number of thioether (sulfide) groups is 1. The lowest BCUT2D eigenvalue weighted by atomic mass is 10.1. The van der Waals surface area contributed by atoms with E-state index in [1.165, 1.54) is 18.7 Å². The predicted molar refractivity (Wildman–Crippen MR) is 107 cm³/mol. The van der Waals surface area contributed by atoms with Crippen LogP contribution in [0.2, 0.25) is 0 Å². The quantitative estimate of drug-likeness (QED) is 0.572. The third-order valence-corrected chi connectivity index (χ3v) is 4.79. The molecule has 1 fully saturated rings. The zero-order valence-corrected chi connectivity index (χ0v) is 15.2. The van der Waals surface area contributed by atoms with Gasteiger partial charge in [-0.05, 0) is 66.2 Å². The Morgan fingerprint density at radius 3 is 2.54 bits per heavy atom. The Kier molecular flexibility index (Phi) is 5.09. The van der Waals surface area contributed by atoms with Gasteiger partial charge in [-0.15, -0.1) is 0 Å². The summed E-state index contributed by atoms with van der Waals surface area (Å²) in [6, 6.07) is 14.5. The van der Waals surface area contributed by atoms with E-state index in [1.54, 1.807) is 30.3 Å². The highest BCUT2D eigenvalue weighted by Gasteiger charge is 2.26. The van der Waals surface area contributed by atoms with E-state index in [4.69, 9.17) is 5.73 Å². The van der Waals surface area contributed by atoms with Crippen molar-refractivity contribution in [2.45, 2.75) is 13.8 Å². The Morgan fingerprint density at radius 1 is 1.15 bits per heavy atom. The van der Waals surface area contributed by atoms with Gasteiger partial charge < -0.3 is 16.4 Å². The van der Waals surface area contributed by atoms with Crippen molar-refractivity contribution in [2.75, 3.05) is 11.1 Å². The zero-order valence-electron chi connectivity index (χ0n) is 14.4. The molecule has 0 radical (unpaired) electrons. The summed E-state index contributed by atoms with van der Waals surface area (Å²) >= 11 is 1.30. The lowest BCUT2D eigenvalue weighted by Gasteiger charge is -2.04. The van der Waals surface area contributed by atoms with Crippen molar-refractivity contribution >= 4 is 51.4 Å². The molecule has 132 valence electrons. The van der Waals surface area contributed by atoms with Gasteiger partial charge in [-0.1, -0.05) is 12.1 Å². The second-order valence-electron chi connectivity index (χ2n) is 5.78. The molecule has 3 rings (SSSR count). The lowest BCUT2D eigenvalue weighted by molar-refractivity contribution is -0.115. The molecule has 2 aromatic rings. The molecule has 4 N–H and O–H groups in total. The molecule has 0 unspecified atom stereocenters. The van der Waals surface area contributed by atoms with Gasteiger partial charge in [0.25, 0.3) is 5.91 Å². The van der Waals surface area contributed by atoms with Crippen LogP contribution in [-0.4, -0.2) is 17.0 Å². The molecule has 26 heavy (non-hydrogen) atoms. The lowest BCUT2D eigenvalue weighted by Crippen LogP contribution is -2.19. The van der Waals surface area contributed by atoms with Crippen LogP contribution < -0.4 is 16.4 Å². The highest BCUT2D eigenvalue weighted by Crippen LogP contribution is 2.33. The number of carbonyl (C=O) groups excluding carboxylic acids is 2. The number of rotatable bonds is 3. The second kappa shape index (κ2) is 7.45. The van der Waals surface area contributed by atoms with Crippen molar-refractivity contribution < 1.29 is 9.59 Å². The smallest absolute Gasteiger partial charge is 0.264 e. The minimum atomic E-state index is -0.177. The van der Waals surface area contributed by atoms with Crippen molar-refractivity contribution in [3.05, 3.63) is 59.0 Å². The highest BCUT2D eigenvalue weighted by atomic mass is 32.2. The molecule has 0 saturated carbocycles. The van der Waals surface area contributed by atoms with Crippen LogP contribution in [0.3, 0.4) is 0 Å². The van der Waals surface area contributed by atoms with Crippen molar-refractivity contribution in [1.82, 2.24) is 5.32 Å². The maximum Gasteiger partial charge on any atom is 0.264 e. The van der Waals surface area contributed by atoms with Gasteiger partial charge in [-0.25, -0.2) is 4.99 Å². The molecule has 0 atom stereocenters. The van der Waals surface area contributed by atoms with E-state index in [1.807, 2.05) is 25.1 Å². The molecule has 0 bridgehead atoms. The number of benzene rings is 2. The van der Waals surface area contributed by atoms with E-state index >= 15 is 0 Å². The number of nitrogen functional groups attached to an aromatic ring is 1. The SMILES string of the molecule is CC(=O)Nc1ccc(N=C2NC(=O)/C(=C(\C)c3cccc(N)c3)S2)cc1. The molecule has 0 spiro atoms. The molecular weight excluding hydrogens is 348 g/mol. The van der Waals surface area contributed by atoms with E-state index < -0.39 is 0 Å². The summed E-state index contributed by atoms with van der Waals surface area (Å²) < 4.78 is 0. The molecule has 0 aromatic heterocycles. The summed E-state index contributed by atoms with van der Waals surface area (Å²) in [7, 11) is 0. The van der Waals surface area contributed by atoms with Gasteiger partial charge in [-0.2, -0.15) is 0 Å². The number of nitrogens with two attached hydrogens (primary N) is 1. The van der Waals surface area contributed by atoms with E-state index in [2.05, 4.69) is 15.6 Å². The van der Waals surface area contributed by atoms with Gasteiger partial charge in [0, 0.05) is 18.3 Å². The van der Waals surface area contributed by atoms with Gasteiger partial charge >= 0.3 is 0 Å². The van der Waals surface area contributed by atoms with Crippen LogP contribution in [-0.2, 0) is 9.59 Å². The Hall–Kier alpha value is -3.06. The third-order valence-electron chi connectivity index (χ3n) is 3.70. The van der Waals surface area contributed by atoms with Crippen LogP contribution in [0.15, 0.2) is 58.4 Å². The Balaban J connectivity index is 1.81. The molecule has 1 heterocycles. The maximum absolute atomic E-state index is 12.3. The van der Waals surface area contributed by atoms with Gasteiger partial charge in [-0.3, -0.25) is 9.59 Å². The Bertz CT molecular complexity index is 933. The first kappa shape index (κ1) is 17.8. The van der Waals surface area contributed by atoms with Gasteiger partial charge in [0.1, 0.15) is 0 Å². The molecule has 2 amide bonds. The molecule has 0 aliphatic carbocycles. The fraction of sp³-hybridized carbons (Fsp3) is 0.105. The minimum Gasteiger partial charge on any atom is -0.399 e. The Labute approximate surface area is 155 Å². The van der Waals surface area contributed by atoms with Crippen molar-refractivity contribution in [1.29, 1.82) is 0 Å². The standard InChI is InChI=1S/C19H18N4O2S/c1-11(13-4-3-5-14(20)10-13)17-18(25)23-19(26-17)22-16-8-6-15(7-9-16)21-12(2)24/h3-10H,20H2,1-2H3,(H,21,24)(H,22,23,25)/b17-11-. The van der Waals surface area contributed by atoms with Crippen molar-refractivity contribution in [3.63, 3.8) is 0 Å². The average molecular weight is 366 g/mol. The van der Waals surface area contributed by atoms with Crippen molar-refractivity contribution in [2.24, 2.45) is 4.99 Å². The van der Waals surface area contributed by atoms with E-state index in [-0.39, 0.29) is 11.8 Å². The van der Waals surface area contributed by atoms with Gasteiger partial charge in [0.2, 0.25) is 5.91 Å². The topological polar surface area (TPSA) is 96.6 Å². The summed E-state index contributed by atoms with van der Waals surface area (Å²) in [5.41, 5.74) is 9.61. The number of anilines is 2. The number of aliphatic imine (C=N–C) groups is 1. The number of hydrogen-bond acceptors (Lipinski definition) is 5. The van der Waals surface area contributed by atoms with E-state index in [0.717, 1.165) is 11.1 Å². The summed E-state index contributed by atoms with van der Waals surface area (Å²) in [6.45, 7) is 3.34. The number of allylic oxidation sites excluding steroid dienone is 1. The van der Waals surface area contributed by atoms with Crippen LogP contribution in [0, 0.1) is 0 Å². The molecule has 2 aromatic carbocycles. The van der Waals surface area contributed by atoms with Crippen molar-refractivity contribution in [3.8, 4) is 0 Å². The molecular formula is C19H18N4O2S. The fourth-order valence-electron chi connectivity index (χ4n) is 2.46. The maximum atomic E-state index is 12.3. The number of nitrogens with one attached hydrogen (secondary N) is 2. The van der Waals surface area contributed by atoms with Gasteiger partial charge in [0.15, 0.2) is 5.17 Å². The Morgan fingerprint density at radius 2 is 1.88 bits per heavy atom. The van der Waals surface area contributed by atoms with Crippen LogP contribution in [0.1, 0.15) is 19.4 Å². The monoisotopic (exact) mass is 366 g/mol. The van der Waals surface area contributed by atoms with E-state index in [0.29, 0.717) is 27.1 Å². The number of amides is 2. The zero-order chi connectivity index (χ0) is 18.7. The predicted octanol–water partition coefficient (Wildman–Crippen LogP) is 3.51. The normalized spacial score (nSPS) is 17.2. The first-order chi connectivity index (χ1) is 12.4.